The van der Waals surface area contributed by atoms with E-state index in [2.05, 4.69) is 22.0 Å². The number of rotatable bonds is 4. The number of nitrogens with zero attached hydrogens (tertiary/aromatic N) is 3. The van der Waals surface area contributed by atoms with E-state index in [4.69, 9.17) is 14.7 Å². The van der Waals surface area contributed by atoms with E-state index in [0.29, 0.717) is 36.6 Å². The second-order valence-electron chi connectivity index (χ2n) is 5.48. The van der Waals surface area contributed by atoms with Gasteiger partial charge in [0.2, 0.25) is 11.7 Å². The van der Waals surface area contributed by atoms with Crippen molar-refractivity contribution in [3.8, 4) is 11.6 Å². The van der Waals surface area contributed by atoms with E-state index in [9.17, 15) is 0 Å². The SMILES string of the molecule is CC1CCN(Cc2nc(-c3ccco3)no2)C(CN)C1. The Morgan fingerprint density at radius 2 is 2.40 bits per heavy atom. The van der Waals surface area contributed by atoms with Gasteiger partial charge in [-0.15, -0.1) is 0 Å². The van der Waals surface area contributed by atoms with Gasteiger partial charge in [-0.1, -0.05) is 12.1 Å². The minimum absolute atomic E-state index is 0.401. The molecular weight excluding hydrogens is 256 g/mol. The van der Waals surface area contributed by atoms with Crippen molar-refractivity contribution in [3.63, 3.8) is 0 Å². The van der Waals surface area contributed by atoms with Crippen LogP contribution >= 0.6 is 0 Å². The van der Waals surface area contributed by atoms with Gasteiger partial charge in [0.15, 0.2) is 5.76 Å². The third kappa shape index (κ3) is 2.76. The van der Waals surface area contributed by atoms with Crippen LogP contribution in [0.5, 0.6) is 0 Å². The Morgan fingerprint density at radius 1 is 1.50 bits per heavy atom. The molecule has 1 aliphatic heterocycles. The van der Waals surface area contributed by atoms with Crippen LogP contribution in [0, 0.1) is 5.92 Å². The van der Waals surface area contributed by atoms with Crippen LogP contribution in [0.25, 0.3) is 11.6 Å². The molecule has 0 bridgehead atoms. The van der Waals surface area contributed by atoms with Gasteiger partial charge in [-0.2, -0.15) is 4.98 Å². The Balaban J connectivity index is 1.68. The van der Waals surface area contributed by atoms with Crippen LogP contribution in [0.3, 0.4) is 0 Å². The average Bonchev–Trinajstić information content (AvgIpc) is 3.11. The van der Waals surface area contributed by atoms with Crippen LogP contribution in [-0.2, 0) is 6.54 Å². The highest BCUT2D eigenvalue weighted by Crippen LogP contribution is 2.24. The molecule has 0 spiro atoms. The lowest BCUT2D eigenvalue weighted by molar-refractivity contribution is 0.102. The van der Waals surface area contributed by atoms with Crippen molar-refractivity contribution in [2.24, 2.45) is 11.7 Å². The molecule has 1 aliphatic rings. The lowest BCUT2D eigenvalue weighted by atomic mass is 9.92. The summed E-state index contributed by atoms with van der Waals surface area (Å²) in [5.74, 6) is 2.48. The lowest BCUT2D eigenvalue weighted by Gasteiger charge is -2.36. The molecule has 3 rings (SSSR count). The molecule has 0 amide bonds. The van der Waals surface area contributed by atoms with Gasteiger partial charge < -0.3 is 14.7 Å². The molecule has 2 atom stereocenters. The smallest absolute Gasteiger partial charge is 0.241 e. The first-order chi connectivity index (χ1) is 9.76. The number of likely N-dealkylation sites (tertiary alicyclic amines) is 1. The second kappa shape index (κ2) is 5.76. The first-order valence-electron chi connectivity index (χ1n) is 7.07. The third-order valence-electron chi connectivity index (χ3n) is 3.92. The van der Waals surface area contributed by atoms with E-state index in [1.807, 2.05) is 12.1 Å². The summed E-state index contributed by atoms with van der Waals surface area (Å²) in [4.78, 5) is 6.71. The zero-order chi connectivity index (χ0) is 13.9. The van der Waals surface area contributed by atoms with Gasteiger partial charge in [0.25, 0.3) is 0 Å². The molecule has 0 radical (unpaired) electrons. The molecule has 2 aromatic heterocycles. The van der Waals surface area contributed by atoms with Crippen molar-refractivity contribution < 1.29 is 8.94 Å². The van der Waals surface area contributed by atoms with Gasteiger partial charge in [-0.25, -0.2) is 0 Å². The Morgan fingerprint density at radius 3 is 3.15 bits per heavy atom. The average molecular weight is 276 g/mol. The largest absolute Gasteiger partial charge is 0.461 e. The fourth-order valence-corrected chi connectivity index (χ4v) is 2.75. The zero-order valence-electron chi connectivity index (χ0n) is 11.7. The topological polar surface area (TPSA) is 81.3 Å². The van der Waals surface area contributed by atoms with Crippen LogP contribution in [-0.4, -0.2) is 34.2 Å². The standard InChI is InChI=1S/C14H20N4O2/c1-10-4-5-18(11(7-10)8-15)9-13-16-14(17-20-13)12-3-2-6-19-12/h2-3,6,10-11H,4-5,7-9,15H2,1H3. The van der Waals surface area contributed by atoms with Crippen LogP contribution < -0.4 is 5.73 Å². The summed E-state index contributed by atoms with van der Waals surface area (Å²) in [6.45, 7) is 4.63. The highest BCUT2D eigenvalue weighted by atomic mass is 16.5. The van der Waals surface area contributed by atoms with Crippen LogP contribution in [0.2, 0.25) is 0 Å². The van der Waals surface area contributed by atoms with Gasteiger partial charge in [-0.05, 0) is 37.4 Å². The molecule has 1 saturated heterocycles. The Hall–Kier alpha value is -1.66. The molecule has 2 unspecified atom stereocenters. The number of nitrogens with two attached hydrogens (primary N) is 1. The summed E-state index contributed by atoms with van der Waals surface area (Å²) < 4.78 is 10.6. The minimum Gasteiger partial charge on any atom is -0.461 e. The number of aromatic nitrogens is 2. The molecule has 3 heterocycles. The summed E-state index contributed by atoms with van der Waals surface area (Å²) in [5, 5.41) is 3.95. The van der Waals surface area contributed by atoms with Crippen LogP contribution in [0.15, 0.2) is 27.3 Å². The van der Waals surface area contributed by atoms with Crippen LogP contribution in [0.4, 0.5) is 0 Å². The monoisotopic (exact) mass is 276 g/mol. The van der Waals surface area contributed by atoms with E-state index in [1.54, 1.807) is 6.26 Å². The maximum absolute atomic E-state index is 5.87. The first-order valence-corrected chi connectivity index (χ1v) is 7.07. The second-order valence-corrected chi connectivity index (χ2v) is 5.48. The van der Waals surface area contributed by atoms with E-state index in [-0.39, 0.29) is 0 Å². The maximum atomic E-state index is 5.87. The first kappa shape index (κ1) is 13.3. The number of hydrogen-bond donors (Lipinski definition) is 1. The van der Waals surface area contributed by atoms with E-state index in [0.717, 1.165) is 18.9 Å². The Kier molecular flexibility index (Phi) is 3.84. The Labute approximate surface area is 117 Å². The van der Waals surface area contributed by atoms with Crippen molar-refractivity contribution in [1.29, 1.82) is 0 Å². The summed E-state index contributed by atoms with van der Waals surface area (Å²) in [7, 11) is 0. The third-order valence-corrected chi connectivity index (χ3v) is 3.92. The van der Waals surface area contributed by atoms with Crippen LogP contribution in [0.1, 0.15) is 25.7 Å². The van der Waals surface area contributed by atoms with Gasteiger partial charge in [-0.3, -0.25) is 4.90 Å². The maximum Gasteiger partial charge on any atom is 0.241 e. The summed E-state index contributed by atoms with van der Waals surface area (Å²) in [6, 6.07) is 4.03. The molecule has 0 aromatic carbocycles. The summed E-state index contributed by atoms with van der Waals surface area (Å²) in [6.07, 6.45) is 3.92. The molecule has 0 aliphatic carbocycles. The summed E-state index contributed by atoms with van der Waals surface area (Å²) >= 11 is 0. The number of hydrogen-bond acceptors (Lipinski definition) is 6. The normalized spacial score (nSPS) is 24.1. The molecule has 108 valence electrons. The predicted octanol–water partition coefficient (Wildman–Crippen LogP) is 1.89. The molecular formula is C14H20N4O2. The van der Waals surface area contributed by atoms with Crippen molar-refractivity contribution in [2.45, 2.75) is 32.4 Å². The van der Waals surface area contributed by atoms with Crippen molar-refractivity contribution in [1.82, 2.24) is 15.0 Å². The zero-order valence-corrected chi connectivity index (χ0v) is 11.7. The van der Waals surface area contributed by atoms with Gasteiger partial charge >= 0.3 is 0 Å². The highest BCUT2D eigenvalue weighted by molar-refractivity contribution is 5.44. The highest BCUT2D eigenvalue weighted by Gasteiger charge is 2.26. The minimum atomic E-state index is 0.401. The molecule has 6 nitrogen and oxygen atoms in total. The molecule has 2 N–H and O–H groups in total. The van der Waals surface area contributed by atoms with Crippen molar-refractivity contribution in [2.75, 3.05) is 13.1 Å². The molecule has 2 aromatic rings. The molecule has 1 fully saturated rings. The lowest BCUT2D eigenvalue weighted by Crippen LogP contribution is -2.45. The van der Waals surface area contributed by atoms with Crippen molar-refractivity contribution in [3.05, 3.63) is 24.3 Å². The fraction of sp³-hybridized carbons (Fsp3) is 0.571. The number of furan rings is 1. The number of piperidine rings is 1. The molecule has 6 heteroatoms. The molecule has 0 saturated carbocycles. The molecule has 20 heavy (non-hydrogen) atoms. The van der Waals surface area contributed by atoms with E-state index in [1.165, 1.54) is 6.42 Å². The predicted molar refractivity (Wildman–Crippen MR) is 73.7 cm³/mol. The summed E-state index contributed by atoms with van der Waals surface area (Å²) in [5.41, 5.74) is 5.87. The Bertz CT molecular complexity index is 537. The van der Waals surface area contributed by atoms with Gasteiger partial charge in [0.05, 0.1) is 12.8 Å². The van der Waals surface area contributed by atoms with Gasteiger partial charge in [0, 0.05) is 12.6 Å². The quantitative estimate of drug-likeness (QED) is 0.918. The van der Waals surface area contributed by atoms with Gasteiger partial charge in [0.1, 0.15) is 0 Å². The fourth-order valence-electron chi connectivity index (χ4n) is 2.75. The van der Waals surface area contributed by atoms with E-state index < -0.39 is 0 Å². The van der Waals surface area contributed by atoms with Crippen molar-refractivity contribution >= 4 is 0 Å². The van der Waals surface area contributed by atoms with E-state index >= 15 is 0 Å².